The molecule has 0 saturated heterocycles. The highest BCUT2D eigenvalue weighted by molar-refractivity contribution is 6.10. The van der Waals surface area contributed by atoms with Gasteiger partial charge in [-0.05, 0) is 60.7 Å². The van der Waals surface area contributed by atoms with E-state index in [2.05, 4.69) is 29.3 Å². The summed E-state index contributed by atoms with van der Waals surface area (Å²) >= 11 is 0. The quantitative estimate of drug-likeness (QED) is 0.495. The van der Waals surface area contributed by atoms with E-state index >= 15 is 0 Å². The Balaban J connectivity index is 1.64. The van der Waals surface area contributed by atoms with Crippen LogP contribution in [0.25, 0.3) is 0 Å². The fourth-order valence-electron chi connectivity index (χ4n) is 3.45. The van der Waals surface area contributed by atoms with Gasteiger partial charge in [0.25, 0.3) is 5.91 Å². The number of amides is 2. The summed E-state index contributed by atoms with van der Waals surface area (Å²) in [7, 11) is 2.73. The van der Waals surface area contributed by atoms with Crippen molar-refractivity contribution in [2.45, 2.75) is 31.7 Å². The molecule has 2 amide bonds. The molecular weight excluding hydrogens is 404 g/mol. The first-order chi connectivity index (χ1) is 15.4. The zero-order chi connectivity index (χ0) is 23.1. The summed E-state index contributed by atoms with van der Waals surface area (Å²) in [5.74, 6) is 5.24. The number of hydrogen-bond donors (Lipinski definition) is 2. The first-order valence-corrected chi connectivity index (χ1v) is 10.8. The van der Waals surface area contributed by atoms with Crippen molar-refractivity contribution in [1.29, 1.82) is 0 Å². The van der Waals surface area contributed by atoms with E-state index in [9.17, 15) is 14.4 Å². The molecule has 1 aliphatic rings. The highest BCUT2D eigenvalue weighted by Crippen LogP contribution is 2.33. The number of carbonyl (C=O) groups is 3. The largest absolute Gasteiger partial charge is 0.388 e. The molecule has 1 atom stereocenters. The van der Waals surface area contributed by atoms with Crippen molar-refractivity contribution in [3.8, 4) is 11.8 Å². The lowest BCUT2D eigenvalue weighted by Gasteiger charge is -2.25. The van der Waals surface area contributed by atoms with Gasteiger partial charge < -0.3 is 15.3 Å². The average Bonchev–Trinajstić information content (AvgIpc) is 3.66. The Bertz CT molecular complexity index is 1010. The van der Waals surface area contributed by atoms with Crippen LogP contribution in [0.5, 0.6) is 0 Å². The molecule has 0 spiro atoms. The van der Waals surface area contributed by atoms with E-state index in [-0.39, 0.29) is 0 Å². The molecule has 166 valence electrons. The number of nitrogens with one attached hydrogen (secondary N) is 1. The van der Waals surface area contributed by atoms with Crippen LogP contribution < -0.4 is 5.32 Å². The van der Waals surface area contributed by atoms with Crippen LogP contribution in [-0.2, 0) is 16.0 Å². The zero-order valence-electron chi connectivity index (χ0n) is 18.4. The summed E-state index contributed by atoms with van der Waals surface area (Å²) < 4.78 is 0. The summed E-state index contributed by atoms with van der Waals surface area (Å²) in [6.07, 6.45) is 5.13. The summed E-state index contributed by atoms with van der Waals surface area (Å²) in [5, 5.41) is 11.5. The van der Waals surface area contributed by atoms with Gasteiger partial charge in [0.05, 0.1) is 0 Å². The number of likely N-dealkylation sites (N-methyl/N-ethyl adjacent to an activating group) is 2. The van der Waals surface area contributed by atoms with Gasteiger partial charge in [0.2, 0.25) is 5.91 Å². The Morgan fingerprint density at radius 1 is 1.03 bits per heavy atom. The third-order valence-electron chi connectivity index (χ3n) is 5.64. The Kier molecular flexibility index (Phi) is 7.80. The Labute approximate surface area is 188 Å². The lowest BCUT2D eigenvalue weighted by molar-refractivity contribution is -0.135. The summed E-state index contributed by atoms with van der Waals surface area (Å²) in [5.41, 5.74) is 3.33. The maximum absolute atomic E-state index is 12.7. The van der Waals surface area contributed by atoms with Crippen LogP contribution in [0.4, 0.5) is 0 Å². The van der Waals surface area contributed by atoms with Crippen molar-refractivity contribution in [3.63, 3.8) is 0 Å². The van der Waals surface area contributed by atoms with Crippen molar-refractivity contribution >= 4 is 17.6 Å². The van der Waals surface area contributed by atoms with Gasteiger partial charge in [0.15, 0.2) is 11.8 Å². The van der Waals surface area contributed by atoms with E-state index in [0.717, 1.165) is 28.4 Å². The predicted octanol–water partition coefficient (Wildman–Crippen LogP) is 2.18. The average molecular weight is 433 g/mol. The van der Waals surface area contributed by atoms with Gasteiger partial charge >= 0.3 is 0 Å². The van der Waals surface area contributed by atoms with Gasteiger partial charge in [0.1, 0.15) is 6.61 Å². The number of aliphatic hydroxyl groups excluding tert-OH is 1. The summed E-state index contributed by atoms with van der Waals surface area (Å²) in [4.78, 5) is 37.7. The SMILES string of the molecule is CNC(=O)C(C(=O)CO)N(C)C(=O)c1ccc(C#Cc2ccc(CCC3CC3)cc2)cc1. The van der Waals surface area contributed by atoms with E-state index in [4.69, 9.17) is 5.11 Å². The van der Waals surface area contributed by atoms with Gasteiger partial charge in [-0.1, -0.05) is 36.8 Å². The first kappa shape index (κ1) is 23.2. The van der Waals surface area contributed by atoms with Crippen LogP contribution in [-0.4, -0.2) is 54.3 Å². The van der Waals surface area contributed by atoms with Crippen molar-refractivity contribution in [3.05, 3.63) is 70.8 Å². The minimum absolute atomic E-state index is 0.317. The molecule has 32 heavy (non-hydrogen) atoms. The number of carbonyl (C=O) groups excluding carboxylic acids is 3. The number of rotatable bonds is 8. The number of aryl methyl sites for hydroxylation is 1. The van der Waals surface area contributed by atoms with Crippen molar-refractivity contribution in [1.82, 2.24) is 10.2 Å². The maximum Gasteiger partial charge on any atom is 0.254 e. The molecule has 0 aliphatic heterocycles. The fourth-order valence-corrected chi connectivity index (χ4v) is 3.45. The molecule has 2 aromatic carbocycles. The second kappa shape index (κ2) is 10.7. The normalized spacial score (nSPS) is 13.5. The van der Waals surface area contributed by atoms with E-state index in [1.54, 1.807) is 24.3 Å². The number of ketones is 1. The molecule has 1 aliphatic carbocycles. The molecule has 0 aromatic heterocycles. The molecule has 0 bridgehead atoms. The minimum atomic E-state index is -1.38. The molecule has 3 rings (SSSR count). The number of benzene rings is 2. The highest BCUT2D eigenvalue weighted by atomic mass is 16.3. The van der Waals surface area contributed by atoms with E-state index in [1.165, 1.54) is 38.9 Å². The summed E-state index contributed by atoms with van der Waals surface area (Å²) in [6.45, 7) is -0.828. The standard InChI is InChI=1S/C26H28N2O4/c1-27-25(31)24(23(30)17-29)28(2)26(32)22-15-13-21(14-16-22)12-11-20-9-7-19(8-10-20)6-5-18-3-4-18/h7-10,13-16,18,24,29H,3-6,17H2,1-2H3,(H,27,31). The van der Waals surface area contributed by atoms with Crippen LogP contribution in [0.15, 0.2) is 48.5 Å². The molecule has 0 radical (unpaired) electrons. The fraction of sp³-hybridized carbons (Fsp3) is 0.346. The van der Waals surface area contributed by atoms with Crippen molar-refractivity contribution < 1.29 is 19.5 Å². The minimum Gasteiger partial charge on any atom is -0.388 e. The van der Waals surface area contributed by atoms with Crippen molar-refractivity contribution in [2.75, 3.05) is 20.7 Å². The number of nitrogens with zero attached hydrogens (tertiary/aromatic N) is 1. The maximum atomic E-state index is 12.7. The number of hydrogen-bond acceptors (Lipinski definition) is 4. The van der Waals surface area contributed by atoms with Gasteiger partial charge in [-0.2, -0.15) is 0 Å². The predicted molar refractivity (Wildman–Crippen MR) is 122 cm³/mol. The molecule has 6 nitrogen and oxygen atoms in total. The molecule has 2 N–H and O–H groups in total. The van der Waals surface area contributed by atoms with Crippen LogP contribution >= 0.6 is 0 Å². The third kappa shape index (κ3) is 6.05. The van der Waals surface area contributed by atoms with E-state index in [1.807, 2.05) is 12.1 Å². The second-order valence-corrected chi connectivity index (χ2v) is 8.06. The van der Waals surface area contributed by atoms with Crippen molar-refractivity contribution in [2.24, 2.45) is 5.92 Å². The molecular formula is C26H28N2O4. The van der Waals surface area contributed by atoms with Crippen LogP contribution in [0.3, 0.4) is 0 Å². The zero-order valence-corrected chi connectivity index (χ0v) is 18.4. The Morgan fingerprint density at radius 3 is 2.09 bits per heavy atom. The summed E-state index contributed by atoms with van der Waals surface area (Å²) in [6, 6.07) is 13.6. The van der Waals surface area contributed by atoms with Crippen LogP contribution in [0.1, 0.15) is 46.3 Å². The van der Waals surface area contributed by atoms with Crippen LogP contribution in [0.2, 0.25) is 0 Å². The lowest BCUT2D eigenvalue weighted by atomic mass is 10.1. The number of Topliss-reactive ketones (excluding diaryl/α,β-unsaturated/α-hetero) is 1. The molecule has 2 aromatic rings. The number of aliphatic hydroxyl groups is 1. The lowest BCUT2D eigenvalue weighted by Crippen LogP contribution is -2.52. The monoisotopic (exact) mass is 432 g/mol. The second-order valence-electron chi connectivity index (χ2n) is 8.06. The van der Waals surface area contributed by atoms with Gasteiger partial charge in [-0.15, -0.1) is 0 Å². The molecule has 0 heterocycles. The van der Waals surface area contributed by atoms with Crippen LogP contribution in [0, 0.1) is 17.8 Å². The third-order valence-corrected chi connectivity index (χ3v) is 5.64. The van der Waals surface area contributed by atoms with Gasteiger partial charge in [-0.25, -0.2) is 0 Å². The van der Waals surface area contributed by atoms with E-state index < -0.39 is 30.2 Å². The Morgan fingerprint density at radius 2 is 1.59 bits per heavy atom. The Hall–Kier alpha value is -3.43. The van der Waals surface area contributed by atoms with Gasteiger partial charge in [0, 0.05) is 30.8 Å². The van der Waals surface area contributed by atoms with E-state index in [0.29, 0.717) is 5.56 Å². The highest BCUT2D eigenvalue weighted by Gasteiger charge is 2.32. The molecule has 6 heteroatoms. The molecule has 1 unspecified atom stereocenters. The van der Waals surface area contributed by atoms with Gasteiger partial charge in [-0.3, -0.25) is 14.4 Å². The smallest absolute Gasteiger partial charge is 0.254 e. The first-order valence-electron chi connectivity index (χ1n) is 10.8. The molecule has 1 fully saturated rings. The topological polar surface area (TPSA) is 86.7 Å². The molecule has 1 saturated carbocycles.